The lowest BCUT2D eigenvalue weighted by atomic mass is 10.1. The summed E-state index contributed by atoms with van der Waals surface area (Å²) in [4.78, 5) is 0. The van der Waals surface area contributed by atoms with Crippen molar-refractivity contribution in [2.75, 3.05) is 0 Å². The predicted octanol–water partition coefficient (Wildman–Crippen LogP) is 4.46. The molecule has 0 saturated heterocycles. The molecule has 0 spiro atoms. The third kappa shape index (κ3) is 6.81. The molecule has 0 bridgehead atoms. The Labute approximate surface area is 111 Å². The van der Waals surface area contributed by atoms with E-state index in [0.29, 0.717) is 5.75 Å². The molecule has 0 heterocycles. The molecule has 0 unspecified atom stereocenters. The number of rotatable bonds is 8. The number of phenols is 1. The van der Waals surface area contributed by atoms with Crippen LogP contribution in [0.5, 0.6) is 5.75 Å². The summed E-state index contributed by atoms with van der Waals surface area (Å²) in [7, 11) is 0. The minimum atomic E-state index is 0.362. The number of benzene rings is 1. The molecule has 0 aliphatic carbocycles. The van der Waals surface area contributed by atoms with Crippen LogP contribution in [0.25, 0.3) is 0 Å². The van der Waals surface area contributed by atoms with Gasteiger partial charge in [0.2, 0.25) is 0 Å². The zero-order chi connectivity index (χ0) is 13.1. The van der Waals surface area contributed by atoms with Gasteiger partial charge < -0.3 is 5.11 Å². The van der Waals surface area contributed by atoms with Crippen LogP contribution in [0.2, 0.25) is 0 Å². The molecule has 1 nitrogen and oxygen atoms in total. The maximum absolute atomic E-state index is 9.33. The van der Waals surface area contributed by atoms with E-state index in [-0.39, 0.29) is 0 Å². The van der Waals surface area contributed by atoms with E-state index in [1.165, 1.54) is 12.0 Å². The number of aryl methyl sites for hydroxylation is 1. The molecule has 18 heavy (non-hydrogen) atoms. The lowest BCUT2D eigenvalue weighted by Gasteiger charge is -2.00. The van der Waals surface area contributed by atoms with Gasteiger partial charge in [0.05, 0.1) is 0 Å². The van der Waals surface area contributed by atoms with Gasteiger partial charge in [0, 0.05) is 6.42 Å². The number of phenolic OH excluding ortho intramolecular Hbond substituents is 1. The average molecular weight is 242 g/mol. The van der Waals surface area contributed by atoms with Gasteiger partial charge in [-0.3, -0.25) is 0 Å². The number of terminal acetylenes is 1. The monoisotopic (exact) mass is 242 g/mol. The Morgan fingerprint density at radius 3 is 2.61 bits per heavy atom. The fraction of sp³-hybridized carbons (Fsp3) is 0.412. The van der Waals surface area contributed by atoms with Crippen molar-refractivity contribution in [1.29, 1.82) is 0 Å². The molecule has 96 valence electrons. The van der Waals surface area contributed by atoms with Crippen LogP contribution >= 0.6 is 0 Å². The first-order valence-electron chi connectivity index (χ1n) is 6.69. The van der Waals surface area contributed by atoms with Crippen molar-refractivity contribution in [3.05, 3.63) is 42.0 Å². The largest absolute Gasteiger partial charge is 0.508 e. The maximum atomic E-state index is 9.33. The maximum Gasteiger partial charge on any atom is 0.115 e. The molecule has 0 aliphatic rings. The quantitative estimate of drug-likeness (QED) is 0.405. The fourth-order valence-corrected chi connectivity index (χ4v) is 1.86. The SMILES string of the molecule is C#CCCCC=CCCCCc1cccc(O)c1. The molecule has 0 saturated carbocycles. The van der Waals surface area contributed by atoms with Crippen molar-refractivity contribution in [3.63, 3.8) is 0 Å². The lowest BCUT2D eigenvalue weighted by Crippen LogP contribution is -1.84. The molecular weight excluding hydrogens is 220 g/mol. The number of aromatic hydroxyl groups is 1. The third-order valence-corrected chi connectivity index (χ3v) is 2.86. The lowest BCUT2D eigenvalue weighted by molar-refractivity contribution is 0.474. The summed E-state index contributed by atoms with van der Waals surface area (Å²) in [5.74, 6) is 3.01. The molecule has 1 rings (SSSR count). The molecule has 0 aromatic heterocycles. The topological polar surface area (TPSA) is 20.2 Å². The standard InChI is InChI=1S/C17H22O/c1-2-3-4-5-6-7-8-9-10-12-16-13-11-14-17(18)15-16/h1,6-7,11,13-15,18H,3-5,8-10,12H2. The highest BCUT2D eigenvalue weighted by atomic mass is 16.3. The Hall–Kier alpha value is -1.68. The smallest absolute Gasteiger partial charge is 0.115 e. The summed E-state index contributed by atoms with van der Waals surface area (Å²) in [6.07, 6.45) is 17.3. The van der Waals surface area contributed by atoms with Crippen molar-refractivity contribution in [1.82, 2.24) is 0 Å². The summed E-state index contributed by atoms with van der Waals surface area (Å²) in [5, 5.41) is 9.33. The summed E-state index contributed by atoms with van der Waals surface area (Å²) >= 11 is 0. The number of unbranched alkanes of at least 4 members (excludes halogenated alkanes) is 4. The second-order valence-corrected chi connectivity index (χ2v) is 4.48. The normalized spacial score (nSPS) is 10.6. The summed E-state index contributed by atoms with van der Waals surface area (Å²) in [6, 6.07) is 7.52. The summed E-state index contributed by atoms with van der Waals surface area (Å²) in [6.45, 7) is 0. The highest BCUT2D eigenvalue weighted by Gasteiger charge is 1.94. The second kappa shape index (κ2) is 9.36. The van der Waals surface area contributed by atoms with Crippen LogP contribution in [0.4, 0.5) is 0 Å². The van der Waals surface area contributed by atoms with E-state index in [4.69, 9.17) is 6.42 Å². The van der Waals surface area contributed by atoms with Crippen molar-refractivity contribution in [3.8, 4) is 18.1 Å². The molecule has 1 N–H and O–H groups in total. The Morgan fingerprint density at radius 2 is 1.89 bits per heavy atom. The van der Waals surface area contributed by atoms with Gasteiger partial charge in [0.1, 0.15) is 5.75 Å². The summed E-state index contributed by atoms with van der Waals surface area (Å²) < 4.78 is 0. The van der Waals surface area contributed by atoms with E-state index in [2.05, 4.69) is 24.1 Å². The fourth-order valence-electron chi connectivity index (χ4n) is 1.86. The number of hydrogen-bond acceptors (Lipinski definition) is 1. The predicted molar refractivity (Wildman–Crippen MR) is 77.5 cm³/mol. The molecule has 1 aromatic carbocycles. The van der Waals surface area contributed by atoms with E-state index in [9.17, 15) is 5.11 Å². The minimum Gasteiger partial charge on any atom is -0.508 e. The van der Waals surface area contributed by atoms with Crippen molar-refractivity contribution >= 4 is 0 Å². The highest BCUT2D eigenvalue weighted by Crippen LogP contribution is 2.13. The van der Waals surface area contributed by atoms with Crippen LogP contribution in [0.1, 0.15) is 44.1 Å². The zero-order valence-electron chi connectivity index (χ0n) is 10.9. The van der Waals surface area contributed by atoms with Crippen LogP contribution in [0.15, 0.2) is 36.4 Å². The Morgan fingerprint density at radius 1 is 1.11 bits per heavy atom. The molecule has 0 atom stereocenters. The highest BCUT2D eigenvalue weighted by molar-refractivity contribution is 5.27. The van der Waals surface area contributed by atoms with E-state index in [0.717, 1.165) is 38.5 Å². The van der Waals surface area contributed by atoms with Gasteiger partial charge >= 0.3 is 0 Å². The van der Waals surface area contributed by atoms with Crippen LogP contribution in [0.3, 0.4) is 0 Å². The van der Waals surface area contributed by atoms with Crippen molar-refractivity contribution in [2.45, 2.75) is 44.9 Å². The average Bonchev–Trinajstić information content (AvgIpc) is 2.37. The van der Waals surface area contributed by atoms with Gasteiger partial charge in [-0.25, -0.2) is 0 Å². The first kappa shape index (κ1) is 14.4. The summed E-state index contributed by atoms with van der Waals surface area (Å²) in [5.41, 5.74) is 1.22. The number of hydrogen-bond donors (Lipinski definition) is 1. The minimum absolute atomic E-state index is 0.362. The molecule has 0 fully saturated rings. The van der Waals surface area contributed by atoms with Crippen LogP contribution in [-0.4, -0.2) is 5.11 Å². The van der Waals surface area contributed by atoms with E-state index in [1.54, 1.807) is 6.07 Å². The molecule has 0 amide bonds. The van der Waals surface area contributed by atoms with Gasteiger partial charge in [-0.1, -0.05) is 24.3 Å². The zero-order valence-corrected chi connectivity index (χ0v) is 10.9. The van der Waals surface area contributed by atoms with Gasteiger partial charge in [-0.05, 0) is 56.2 Å². The second-order valence-electron chi connectivity index (χ2n) is 4.48. The van der Waals surface area contributed by atoms with Gasteiger partial charge in [-0.2, -0.15) is 0 Å². The first-order chi connectivity index (χ1) is 8.83. The molecule has 1 heteroatoms. The van der Waals surface area contributed by atoms with Crippen LogP contribution in [-0.2, 0) is 6.42 Å². The first-order valence-corrected chi connectivity index (χ1v) is 6.69. The van der Waals surface area contributed by atoms with Crippen LogP contribution < -0.4 is 0 Å². The third-order valence-electron chi connectivity index (χ3n) is 2.86. The molecule has 1 aromatic rings. The van der Waals surface area contributed by atoms with E-state index < -0.39 is 0 Å². The Bertz CT molecular complexity index is 398. The van der Waals surface area contributed by atoms with E-state index in [1.807, 2.05) is 12.1 Å². The van der Waals surface area contributed by atoms with Crippen molar-refractivity contribution in [2.24, 2.45) is 0 Å². The Balaban J connectivity index is 2.04. The molecule has 0 aliphatic heterocycles. The van der Waals surface area contributed by atoms with Gasteiger partial charge in [-0.15, -0.1) is 12.3 Å². The Kier molecular flexibility index (Phi) is 7.48. The van der Waals surface area contributed by atoms with E-state index >= 15 is 0 Å². The van der Waals surface area contributed by atoms with Crippen LogP contribution in [0, 0.1) is 12.3 Å². The van der Waals surface area contributed by atoms with Gasteiger partial charge in [0.25, 0.3) is 0 Å². The van der Waals surface area contributed by atoms with Gasteiger partial charge in [0.15, 0.2) is 0 Å². The van der Waals surface area contributed by atoms with Crippen molar-refractivity contribution < 1.29 is 5.11 Å². The number of allylic oxidation sites excluding steroid dienone is 2. The molecular formula is C17H22O. The molecule has 0 radical (unpaired) electrons.